The first-order valence-electron chi connectivity index (χ1n) is 12.1. The van der Waals surface area contributed by atoms with Crippen LogP contribution in [0.3, 0.4) is 0 Å². The van der Waals surface area contributed by atoms with Crippen LogP contribution in [0.5, 0.6) is 11.5 Å². The summed E-state index contributed by atoms with van der Waals surface area (Å²) in [6.07, 6.45) is 6.25. The maximum Gasteiger partial charge on any atom is 0.342 e. The second kappa shape index (κ2) is 10.8. The third-order valence-electron chi connectivity index (χ3n) is 6.54. The number of esters is 2. The van der Waals surface area contributed by atoms with Crippen molar-refractivity contribution in [2.24, 2.45) is 0 Å². The van der Waals surface area contributed by atoms with E-state index in [9.17, 15) is 29.4 Å². The van der Waals surface area contributed by atoms with Gasteiger partial charge in [-0.25, -0.2) is 9.59 Å². The number of phenols is 1. The van der Waals surface area contributed by atoms with E-state index in [1.165, 1.54) is 12.1 Å². The Morgan fingerprint density at radius 3 is 2.50 bits per heavy atom. The number of aromatic carboxylic acids is 1. The van der Waals surface area contributed by atoms with Crippen molar-refractivity contribution in [3.05, 3.63) is 64.2 Å². The predicted molar refractivity (Wildman–Crippen MR) is 130 cm³/mol. The van der Waals surface area contributed by atoms with E-state index in [0.717, 1.165) is 0 Å². The molecule has 0 saturated heterocycles. The number of carboxylic acid groups (broad SMARTS) is 1. The van der Waals surface area contributed by atoms with Crippen molar-refractivity contribution in [3.8, 4) is 11.5 Å². The second-order valence-electron chi connectivity index (χ2n) is 9.20. The molecule has 0 fully saturated rings. The molecule has 0 aromatic heterocycles. The maximum absolute atomic E-state index is 13.2. The number of fused-ring (bicyclic) bond motifs is 2. The van der Waals surface area contributed by atoms with Gasteiger partial charge >= 0.3 is 17.9 Å². The fourth-order valence-corrected chi connectivity index (χ4v) is 4.66. The predicted octanol–water partition coefficient (Wildman–Crippen LogP) is 5.01. The van der Waals surface area contributed by atoms with Crippen molar-refractivity contribution >= 4 is 29.8 Å². The summed E-state index contributed by atoms with van der Waals surface area (Å²) in [5.74, 6) is -2.94. The molecule has 0 spiro atoms. The minimum Gasteiger partial charge on any atom is -0.507 e. The van der Waals surface area contributed by atoms with Gasteiger partial charge in [0.2, 0.25) is 0 Å². The van der Waals surface area contributed by atoms with E-state index in [1.807, 2.05) is 6.08 Å². The second-order valence-corrected chi connectivity index (χ2v) is 9.20. The van der Waals surface area contributed by atoms with Gasteiger partial charge in [0.1, 0.15) is 22.8 Å². The molecule has 36 heavy (non-hydrogen) atoms. The molecular formula is C28H28O8. The van der Waals surface area contributed by atoms with Crippen LogP contribution in [0.25, 0.3) is 6.08 Å². The largest absolute Gasteiger partial charge is 0.507 e. The molecule has 0 saturated carbocycles. The van der Waals surface area contributed by atoms with E-state index < -0.39 is 29.9 Å². The zero-order chi connectivity index (χ0) is 25.8. The first-order chi connectivity index (χ1) is 17.2. The molecule has 0 bridgehead atoms. The number of rotatable bonds is 2. The number of allylic oxidation sites excluding steroid dienone is 1. The number of cyclic esters (lactones) is 1. The zero-order valence-electron chi connectivity index (χ0n) is 20.0. The molecule has 0 amide bonds. The van der Waals surface area contributed by atoms with Gasteiger partial charge in [-0.3, -0.25) is 9.59 Å². The van der Waals surface area contributed by atoms with Crippen molar-refractivity contribution in [2.75, 3.05) is 0 Å². The fourth-order valence-electron chi connectivity index (χ4n) is 4.66. The topological polar surface area (TPSA) is 127 Å². The van der Waals surface area contributed by atoms with Crippen LogP contribution in [0, 0.1) is 0 Å². The Balaban J connectivity index is 1.80. The average Bonchev–Trinajstić information content (AvgIpc) is 2.82. The highest BCUT2D eigenvalue weighted by atomic mass is 16.5. The number of Topliss-reactive ketones (excluding diaryl/α,β-unsaturated/α-hetero) is 1. The maximum atomic E-state index is 13.2. The number of carbonyl (C=O) groups is 4. The Bertz CT molecular complexity index is 1230. The van der Waals surface area contributed by atoms with Crippen molar-refractivity contribution < 1.29 is 38.9 Å². The Morgan fingerprint density at radius 2 is 1.78 bits per heavy atom. The normalized spacial score (nSPS) is 21.9. The van der Waals surface area contributed by atoms with Gasteiger partial charge in [0.15, 0.2) is 0 Å². The quantitative estimate of drug-likeness (QED) is 0.442. The number of ketones is 1. The number of ether oxygens (including phenoxy) is 2. The zero-order valence-corrected chi connectivity index (χ0v) is 20.0. The molecule has 0 aliphatic carbocycles. The number of benzene rings is 2. The van der Waals surface area contributed by atoms with E-state index in [4.69, 9.17) is 9.47 Å². The van der Waals surface area contributed by atoms with E-state index in [2.05, 4.69) is 0 Å². The van der Waals surface area contributed by atoms with Gasteiger partial charge in [0.25, 0.3) is 0 Å². The highest BCUT2D eigenvalue weighted by Gasteiger charge is 2.35. The third-order valence-corrected chi connectivity index (χ3v) is 6.54. The molecule has 2 N–H and O–H groups in total. The SMILES string of the molecule is C[C@H]1CCCC(=O)CCC/C=C/c2cc3c(c(O)c2C(=O)O1)C(c1ccc(C(=O)O)cc1)CC(=O)O3. The summed E-state index contributed by atoms with van der Waals surface area (Å²) in [6.45, 7) is 1.74. The lowest BCUT2D eigenvalue weighted by atomic mass is 9.83. The van der Waals surface area contributed by atoms with Gasteiger partial charge < -0.3 is 19.7 Å². The molecule has 2 atom stereocenters. The van der Waals surface area contributed by atoms with Crippen LogP contribution in [-0.2, 0) is 14.3 Å². The van der Waals surface area contributed by atoms with E-state index in [-0.39, 0.29) is 40.4 Å². The molecule has 8 heteroatoms. The van der Waals surface area contributed by atoms with Crippen LogP contribution >= 0.6 is 0 Å². The number of hydrogen-bond acceptors (Lipinski definition) is 7. The Morgan fingerprint density at radius 1 is 1.06 bits per heavy atom. The number of phenolic OH excluding ortho intramolecular Hbond substituents is 1. The first kappa shape index (κ1) is 25.2. The van der Waals surface area contributed by atoms with Crippen LogP contribution in [0.1, 0.15) is 95.2 Å². The van der Waals surface area contributed by atoms with Gasteiger partial charge in [-0.15, -0.1) is 0 Å². The number of hydrogen-bond donors (Lipinski definition) is 2. The lowest BCUT2D eigenvalue weighted by Crippen LogP contribution is -2.23. The fraction of sp³-hybridized carbons (Fsp3) is 0.357. The lowest BCUT2D eigenvalue weighted by molar-refractivity contribution is -0.135. The number of carbonyl (C=O) groups excluding carboxylic acids is 3. The molecule has 2 aliphatic heterocycles. The van der Waals surface area contributed by atoms with Crippen molar-refractivity contribution in [3.63, 3.8) is 0 Å². The third kappa shape index (κ3) is 5.48. The summed E-state index contributed by atoms with van der Waals surface area (Å²) in [6, 6.07) is 7.57. The van der Waals surface area contributed by atoms with Gasteiger partial charge in [-0.05, 0) is 61.9 Å². The summed E-state index contributed by atoms with van der Waals surface area (Å²) in [4.78, 5) is 48.9. The lowest BCUT2D eigenvalue weighted by Gasteiger charge is -2.27. The van der Waals surface area contributed by atoms with Crippen LogP contribution in [-0.4, -0.2) is 40.0 Å². The van der Waals surface area contributed by atoms with Gasteiger partial charge in [0, 0.05) is 24.3 Å². The molecule has 2 aromatic rings. The molecule has 2 aromatic carbocycles. The molecule has 188 valence electrons. The molecule has 8 nitrogen and oxygen atoms in total. The van der Waals surface area contributed by atoms with Crippen LogP contribution in [0.2, 0.25) is 0 Å². The standard InChI is InChI=1S/C28H28O8/c1-16-6-5-9-20(29)8-4-2-3-7-19-14-22-25(26(31)24(19)28(34)35-16)21(15-23(30)36-22)17-10-12-18(13-11-17)27(32)33/h3,7,10-14,16,21,31H,2,4-6,8-9,15H2,1H3,(H,32,33)/b7-3+/t16-,21?/m0/s1. The Hall–Kier alpha value is -3.94. The minimum absolute atomic E-state index is 0.0184. The van der Waals surface area contributed by atoms with E-state index >= 15 is 0 Å². The molecule has 0 radical (unpaired) electrons. The molecule has 2 heterocycles. The minimum atomic E-state index is -1.08. The average molecular weight is 493 g/mol. The summed E-state index contributed by atoms with van der Waals surface area (Å²) >= 11 is 0. The molecule has 1 unspecified atom stereocenters. The highest BCUT2D eigenvalue weighted by Crippen LogP contribution is 2.47. The monoisotopic (exact) mass is 492 g/mol. The van der Waals surface area contributed by atoms with Crippen LogP contribution in [0.15, 0.2) is 36.4 Å². The van der Waals surface area contributed by atoms with Crippen LogP contribution in [0.4, 0.5) is 0 Å². The van der Waals surface area contributed by atoms with Gasteiger partial charge in [-0.2, -0.15) is 0 Å². The molecule has 2 aliphatic rings. The van der Waals surface area contributed by atoms with Crippen molar-refractivity contribution in [1.82, 2.24) is 0 Å². The molecular weight excluding hydrogens is 464 g/mol. The van der Waals surface area contributed by atoms with Crippen molar-refractivity contribution in [2.45, 2.75) is 63.9 Å². The Kier molecular flexibility index (Phi) is 7.52. The van der Waals surface area contributed by atoms with Gasteiger partial charge in [0.05, 0.1) is 18.1 Å². The van der Waals surface area contributed by atoms with Crippen molar-refractivity contribution in [1.29, 1.82) is 0 Å². The highest BCUT2D eigenvalue weighted by molar-refractivity contribution is 5.98. The first-order valence-corrected chi connectivity index (χ1v) is 12.1. The van der Waals surface area contributed by atoms with E-state index in [0.29, 0.717) is 49.7 Å². The van der Waals surface area contributed by atoms with Gasteiger partial charge in [-0.1, -0.05) is 24.3 Å². The molecule has 4 rings (SSSR count). The summed E-state index contributed by atoms with van der Waals surface area (Å²) in [5, 5.41) is 20.6. The summed E-state index contributed by atoms with van der Waals surface area (Å²) in [7, 11) is 0. The van der Waals surface area contributed by atoms with E-state index in [1.54, 1.807) is 31.2 Å². The Labute approximate surface area is 208 Å². The number of carboxylic acids is 1. The summed E-state index contributed by atoms with van der Waals surface area (Å²) < 4.78 is 11.1. The number of aromatic hydroxyl groups is 1. The van der Waals surface area contributed by atoms with Crippen LogP contribution < -0.4 is 4.74 Å². The smallest absolute Gasteiger partial charge is 0.342 e. The summed E-state index contributed by atoms with van der Waals surface area (Å²) in [5.41, 5.74) is 1.31.